The van der Waals surface area contributed by atoms with Gasteiger partial charge < -0.3 is 5.32 Å². The van der Waals surface area contributed by atoms with E-state index in [0.717, 1.165) is 11.0 Å². The number of thioether (sulfide) groups is 1. The summed E-state index contributed by atoms with van der Waals surface area (Å²) in [5, 5.41) is 4.50. The highest BCUT2D eigenvalue weighted by atomic mass is 79.9. The first-order valence-electron chi connectivity index (χ1n) is 7.68. The van der Waals surface area contributed by atoms with Crippen LogP contribution >= 0.6 is 27.7 Å². The van der Waals surface area contributed by atoms with Crippen LogP contribution in [0, 0.1) is 5.41 Å². The van der Waals surface area contributed by atoms with Crippen LogP contribution in [-0.4, -0.2) is 17.8 Å². The zero-order chi connectivity index (χ0) is 14.6. The summed E-state index contributed by atoms with van der Waals surface area (Å²) in [4.78, 5) is 1.39. The van der Waals surface area contributed by atoms with Gasteiger partial charge in [0.25, 0.3) is 0 Å². The van der Waals surface area contributed by atoms with Crippen molar-refractivity contribution >= 4 is 27.7 Å². The molecule has 1 nitrogen and oxygen atoms in total. The van der Waals surface area contributed by atoms with Crippen LogP contribution in [0.3, 0.4) is 0 Å². The molecule has 0 saturated heterocycles. The van der Waals surface area contributed by atoms with Gasteiger partial charge in [0, 0.05) is 20.7 Å². The lowest BCUT2D eigenvalue weighted by Crippen LogP contribution is -2.51. The van der Waals surface area contributed by atoms with Crippen molar-refractivity contribution in [3.63, 3.8) is 0 Å². The van der Waals surface area contributed by atoms with Gasteiger partial charge in [-0.05, 0) is 55.5 Å². The van der Waals surface area contributed by atoms with E-state index in [1.165, 1.54) is 30.6 Å². The Kier molecular flexibility index (Phi) is 6.00. The quantitative estimate of drug-likeness (QED) is 0.749. The van der Waals surface area contributed by atoms with E-state index in [1.54, 1.807) is 0 Å². The van der Waals surface area contributed by atoms with Crippen LogP contribution in [0.15, 0.2) is 33.6 Å². The van der Waals surface area contributed by atoms with Gasteiger partial charge in [-0.1, -0.05) is 43.1 Å². The van der Waals surface area contributed by atoms with Crippen molar-refractivity contribution in [1.82, 2.24) is 5.32 Å². The molecule has 0 radical (unpaired) electrons. The van der Waals surface area contributed by atoms with E-state index >= 15 is 0 Å². The van der Waals surface area contributed by atoms with Crippen molar-refractivity contribution in [3.8, 4) is 0 Å². The van der Waals surface area contributed by atoms with Gasteiger partial charge in [-0.15, -0.1) is 11.8 Å². The lowest BCUT2D eigenvalue weighted by atomic mass is 9.73. The Morgan fingerprint density at radius 1 is 1.30 bits per heavy atom. The van der Waals surface area contributed by atoms with Gasteiger partial charge in [0.15, 0.2) is 0 Å². The van der Waals surface area contributed by atoms with E-state index in [9.17, 15) is 0 Å². The number of rotatable bonds is 5. The molecule has 0 heterocycles. The number of hydrogen-bond donors (Lipinski definition) is 1. The number of hydrogen-bond acceptors (Lipinski definition) is 2. The maximum Gasteiger partial charge on any atom is 0.0253 e. The predicted molar refractivity (Wildman–Crippen MR) is 93.5 cm³/mol. The van der Waals surface area contributed by atoms with Crippen LogP contribution in [0.5, 0.6) is 0 Å². The molecule has 20 heavy (non-hydrogen) atoms. The molecule has 1 aliphatic carbocycles. The molecular formula is C17H26BrNS. The Labute approximate surface area is 136 Å². The molecule has 0 amide bonds. The highest BCUT2D eigenvalue weighted by molar-refractivity contribution is 9.10. The fraction of sp³-hybridized carbons (Fsp3) is 0.647. The molecule has 112 valence electrons. The number of halogens is 1. The summed E-state index contributed by atoms with van der Waals surface area (Å²) in [6, 6.07) is 9.36. The van der Waals surface area contributed by atoms with Gasteiger partial charge in [0.2, 0.25) is 0 Å². The third kappa shape index (κ3) is 4.25. The van der Waals surface area contributed by atoms with E-state index in [2.05, 4.69) is 78.0 Å². The number of benzene rings is 1. The van der Waals surface area contributed by atoms with E-state index in [-0.39, 0.29) is 0 Å². The van der Waals surface area contributed by atoms with Crippen LogP contribution in [0.1, 0.15) is 46.5 Å². The second-order valence-corrected chi connectivity index (χ2v) is 8.65. The summed E-state index contributed by atoms with van der Waals surface area (Å²) >= 11 is 5.56. The Balaban J connectivity index is 2.08. The zero-order valence-electron chi connectivity index (χ0n) is 12.8. The highest BCUT2D eigenvalue weighted by Crippen LogP contribution is 2.42. The fourth-order valence-corrected chi connectivity index (χ4v) is 4.90. The van der Waals surface area contributed by atoms with Crippen molar-refractivity contribution in [1.29, 1.82) is 0 Å². The minimum absolute atomic E-state index is 0.403. The third-order valence-electron chi connectivity index (χ3n) is 4.24. The first kappa shape index (κ1) is 16.4. The smallest absolute Gasteiger partial charge is 0.0253 e. The standard InChI is InChI=1S/C17H26BrNS/c1-4-12-19-16-15(6-5-11-17(16,2)3)20-14-9-7-13(18)8-10-14/h7-10,15-16,19H,4-6,11-12H2,1-3H3. The van der Waals surface area contributed by atoms with Crippen LogP contribution in [0.2, 0.25) is 0 Å². The Bertz CT molecular complexity index is 416. The van der Waals surface area contributed by atoms with Crippen molar-refractivity contribution in [2.45, 2.75) is 62.6 Å². The van der Waals surface area contributed by atoms with Crippen molar-refractivity contribution in [2.75, 3.05) is 6.54 Å². The van der Waals surface area contributed by atoms with Crippen molar-refractivity contribution < 1.29 is 0 Å². The summed E-state index contributed by atoms with van der Waals surface area (Å²) in [5.74, 6) is 0. The molecule has 0 aliphatic heterocycles. The zero-order valence-corrected chi connectivity index (χ0v) is 15.2. The van der Waals surface area contributed by atoms with Gasteiger partial charge in [-0.25, -0.2) is 0 Å². The van der Waals surface area contributed by atoms with E-state index in [0.29, 0.717) is 16.7 Å². The van der Waals surface area contributed by atoms with Crippen molar-refractivity contribution in [3.05, 3.63) is 28.7 Å². The first-order valence-corrected chi connectivity index (χ1v) is 9.36. The number of nitrogens with one attached hydrogen (secondary N) is 1. The highest BCUT2D eigenvalue weighted by Gasteiger charge is 2.38. The maximum absolute atomic E-state index is 3.81. The summed E-state index contributed by atoms with van der Waals surface area (Å²) in [6.07, 6.45) is 5.23. The van der Waals surface area contributed by atoms with Gasteiger partial charge in [0.1, 0.15) is 0 Å². The normalized spacial score (nSPS) is 25.6. The molecule has 1 aromatic rings. The van der Waals surface area contributed by atoms with Gasteiger partial charge >= 0.3 is 0 Å². The Morgan fingerprint density at radius 3 is 2.65 bits per heavy atom. The maximum atomic E-state index is 3.81. The average molecular weight is 356 g/mol. The summed E-state index contributed by atoms with van der Waals surface area (Å²) < 4.78 is 1.16. The molecule has 0 spiro atoms. The Morgan fingerprint density at radius 2 is 2.00 bits per heavy atom. The molecule has 1 saturated carbocycles. The van der Waals surface area contributed by atoms with Crippen LogP contribution < -0.4 is 5.32 Å². The van der Waals surface area contributed by atoms with Crippen LogP contribution in [-0.2, 0) is 0 Å². The minimum atomic E-state index is 0.403. The lowest BCUT2D eigenvalue weighted by molar-refractivity contribution is 0.175. The molecule has 2 unspecified atom stereocenters. The lowest BCUT2D eigenvalue weighted by Gasteiger charge is -2.44. The molecule has 1 aliphatic rings. The van der Waals surface area contributed by atoms with Gasteiger partial charge in [0.05, 0.1) is 0 Å². The minimum Gasteiger partial charge on any atom is -0.312 e. The largest absolute Gasteiger partial charge is 0.312 e. The molecule has 2 atom stereocenters. The molecular weight excluding hydrogens is 330 g/mol. The predicted octanol–water partition coefficient (Wildman–Crippen LogP) is 5.49. The van der Waals surface area contributed by atoms with E-state index < -0.39 is 0 Å². The second-order valence-electron chi connectivity index (χ2n) is 6.42. The molecule has 3 heteroatoms. The SMILES string of the molecule is CCCNC1C(Sc2ccc(Br)cc2)CCCC1(C)C. The summed E-state index contributed by atoms with van der Waals surface area (Å²) in [5.41, 5.74) is 0.403. The molecule has 2 rings (SSSR count). The monoisotopic (exact) mass is 355 g/mol. The van der Waals surface area contributed by atoms with Crippen molar-refractivity contribution in [2.24, 2.45) is 5.41 Å². The van der Waals surface area contributed by atoms with Gasteiger partial charge in [-0.2, -0.15) is 0 Å². The Hall–Kier alpha value is 0.01000. The van der Waals surface area contributed by atoms with Crippen LogP contribution in [0.4, 0.5) is 0 Å². The average Bonchev–Trinajstić information content (AvgIpc) is 2.40. The topological polar surface area (TPSA) is 12.0 Å². The second kappa shape index (κ2) is 7.33. The summed E-state index contributed by atoms with van der Waals surface area (Å²) in [6.45, 7) is 8.23. The summed E-state index contributed by atoms with van der Waals surface area (Å²) in [7, 11) is 0. The fourth-order valence-electron chi connectivity index (χ4n) is 3.11. The third-order valence-corrected chi connectivity index (χ3v) is 6.12. The molecule has 1 N–H and O–H groups in total. The molecule has 1 fully saturated rings. The van der Waals surface area contributed by atoms with E-state index in [1.807, 2.05) is 0 Å². The molecule has 0 aromatic heterocycles. The van der Waals surface area contributed by atoms with Crippen LogP contribution in [0.25, 0.3) is 0 Å². The first-order chi connectivity index (χ1) is 9.53. The van der Waals surface area contributed by atoms with E-state index in [4.69, 9.17) is 0 Å². The molecule has 1 aromatic carbocycles. The van der Waals surface area contributed by atoms with Gasteiger partial charge in [-0.3, -0.25) is 0 Å². The molecule has 0 bridgehead atoms.